The number of piperazine rings is 1. The third kappa shape index (κ3) is 5.52. The molecule has 0 aliphatic carbocycles. The Bertz CT molecular complexity index is 680. The molecule has 3 rings (SSSR count). The van der Waals surface area contributed by atoms with Crippen LogP contribution in [0.15, 0.2) is 30.3 Å². The fourth-order valence-electron chi connectivity index (χ4n) is 2.52. The average Bonchev–Trinajstić information content (AvgIpc) is 3.07. The van der Waals surface area contributed by atoms with Gasteiger partial charge in [-0.15, -0.1) is 11.3 Å². The van der Waals surface area contributed by atoms with E-state index in [9.17, 15) is 0 Å². The molecule has 1 aromatic carbocycles. The molecule has 6 nitrogen and oxygen atoms in total. The second-order valence-corrected chi connectivity index (χ2v) is 7.31. The lowest BCUT2D eigenvalue weighted by atomic mass is 10.2. The van der Waals surface area contributed by atoms with Gasteiger partial charge in [0, 0.05) is 44.4 Å². The highest BCUT2D eigenvalue weighted by molar-refractivity contribution is 7.16. The van der Waals surface area contributed by atoms with Crippen molar-refractivity contribution < 1.29 is 5.11 Å². The summed E-state index contributed by atoms with van der Waals surface area (Å²) < 4.78 is 0. The predicted octanol–water partition coefficient (Wildman–Crippen LogP) is 3.24. The number of amidine groups is 1. The van der Waals surface area contributed by atoms with Crippen LogP contribution < -0.4 is 10.6 Å². The third-order valence-corrected chi connectivity index (χ3v) is 5.10. The number of nitrogens with one attached hydrogen (secondary N) is 3. The van der Waals surface area contributed by atoms with Crippen LogP contribution in [-0.2, 0) is 0 Å². The summed E-state index contributed by atoms with van der Waals surface area (Å²) in [5, 5.41) is 25.0. The minimum atomic E-state index is 0.250. The number of aliphatic hydroxyl groups is 1. The number of benzene rings is 1. The molecule has 0 saturated carbocycles. The van der Waals surface area contributed by atoms with Crippen LogP contribution in [0.5, 0.6) is 0 Å². The van der Waals surface area contributed by atoms with Gasteiger partial charge in [-0.25, -0.2) is 4.98 Å². The summed E-state index contributed by atoms with van der Waals surface area (Å²) in [4.78, 5) is 6.85. The van der Waals surface area contributed by atoms with E-state index in [4.69, 9.17) is 15.5 Å². The number of aliphatic hydroxyl groups excluding tert-OH is 1. The smallest absolute Gasteiger partial charge is 0.150 e. The van der Waals surface area contributed by atoms with E-state index in [2.05, 4.69) is 29.4 Å². The summed E-state index contributed by atoms with van der Waals surface area (Å²) in [6.45, 7) is 9.78. The van der Waals surface area contributed by atoms with Crippen LogP contribution in [0.1, 0.15) is 37.4 Å². The zero-order chi connectivity index (χ0) is 18.9. The molecule has 2 aromatic rings. The molecule has 0 bridgehead atoms. The molecule has 0 unspecified atom stereocenters. The summed E-state index contributed by atoms with van der Waals surface area (Å²) in [7, 11) is 0. The van der Waals surface area contributed by atoms with Gasteiger partial charge < -0.3 is 20.6 Å². The van der Waals surface area contributed by atoms with Crippen LogP contribution in [0.25, 0.3) is 0 Å². The molecule has 0 atom stereocenters. The molecule has 0 spiro atoms. The van der Waals surface area contributed by atoms with E-state index < -0.39 is 0 Å². The maximum atomic E-state index is 8.59. The standard InChI is InChI=1S/C17H23N5S.C2H6O/c1-12(2)16-21-14(15(18)22-10-8-19-9-11-22)17(23-16)20-13-6-4-3-5-7-13;1-2-3/h3-7,12,18-20H,8-11H2,1-2H3;3H,2H2,1H3. The summed E-state index contributed by atoms with van der Waals surface area (Å²) >= 11 is 1.65. The van der Waals surface area contributed by atoms with Gasteiger partial charge in [0.25, 0.3) is 0 Å². The summed E-state index contributed by atoms with van der Waals surface area (Å²) in [5.41, 5.74) is 1.80. The topological polar surface area (TPSA) is 84.3 Å². The molecule has 142 valence electrons. The first kappa shape index (κ1) is 20.4. The van der Waals surface area contributed by atoms with Gasteiger partial charge in [0.1, 0.15) is 16.5 Å². The summed E-state index contributed by atoms with van der Waals surface area (Å²) in [6.07, 6.45) is 0. The SMILES string of the molecule is CC(C)c1nc(C(=N)N2CCNCC2)c(Nc2ccccc2)s1.CCO. The molecule has 1 fully saturated rings. The normalized spacial score (nSPS) is 14.0. The Morgan fingerprint density at radius 1 is 1.31 bits per heavy atom. The molecule has 1 aromatic heterocycles. The Balaban J connectivity index is 0.000000758. The molecule has 2 heterocycles. The Kier molecular flexibility index (Phi) is 8.03. The highest BCUT2D eigenvalue weighted by Gasteiger charge is 2.22. The number of thiazole rings is 1. The fraction of sp³-hybridized carbons (Fsp3) is 0.474. The summed E-state index contributed by atoms with van der Waals surface area (Å²) in [5.74, 6) is 0.883. The van der Waals surface area contributed by atoms with E-state index in [1.54, 1.807) is 18.3 Å². The van der Waals surface area contributed by atoms with Crippen LogP contribution in [0, 0.1) is 5.41 Å². The number of rotatable bonds is 4. The Hall–Kier alpha value is -1.96. The van der Waals surface area contributed by atoms with Crippen molar-refractivity contribution in [2.24, 2.45) is 0 Å². The van der Waals surface area contributed by atoms with Crippen molar-refractivity contribution in [3.05, 3.63) is 41.0 Å². The van der Waals surface area contributed by atoms with Crippen molar-refractivity contribution in [1.82, 2.24) is 15.2 Å². The lowest BCUT2D eigenvalue weighted by molar-refractivity contribution is 0.318. The van der Waals surface area contributed by atoms with Crippen LogP contribution in [0.4, 0.5) is 10.7 Å². The fourth-order valence-corrected chi connectivity index (χ4v) is 3.51. The Morgan fingerprint density at radius 2 is 1.92 bits per heavy atom. The van der Waals surface area contributed by atoms with Crippen molar-refractivity contribution in [3.63, 3.8) is 0 Å². The zero-order valence-corrected chi connectivity index (χ0v) is 16.6. The molecular weight excluding hydrogens is 346 g/mol. The second-order valence-electron chi connectivity index (χ2n) is 6.28. The van der Waals surface area contributed by atoms with Crippen LogP contribution in [0.2, 0.25) is 0 Å². The van der Waals surface area contributed by atoms with Gasteiger partial charge in [0.15, 0.2) is 0 Å². The van der Waals surface area contributed by atoms with Gasteiger partial charge in [-0.05, 0) is 19.1 Å². The van der Waals surface area contributed by atoms with Crippen LogP contribution in [-0.4, -0.2) is 53.6 Å². The van der Waals surface area contributed by atoms with Crippen molar-refractivity contribution in [3.8, 4) is 0 Å². The van der Waals surface area contributed by atoms with E-state index in [-0.39, 0.29) is 6.61 Å². The average molecular weight is 376 g/mol. The molecule has 1 aliphatic heterocycles. The molecule has 1 saturated heterocycles. The van der Waals surface area contributed by atoms with Gasteiger partial charge in [0.05, 0.1) is 5.01 Å². The largest absolute Gasteiger partial charge is 0.397 e. The van der Waals surface area contributed by atoms with Crippen molar-refractivity contribution >= 4 is 27.9 Å². The second kappa shape index (κ2) is 10.3. The number of anilines is 2. The third-order valence-electron chi connectivity index (χ3n) is 3.83. The molecule has 0 amide bonds. The summed E-state index contributed by atoms with van der Waals surface area (Å²) in [6, 6.07) is 10.1. The lowest BCUT2D eigenvalue weighted by Gasteiger charge is -2.29. The predicted molar refractivity (Wildman–Crippen MR) is 110 cm³/mol. The van der Waals surface area contributed by atoms with E-state index >= 15 is 0 Å². The highest BCUT2D eigenvalue weighted by Crippen LogP contribution is 2.32. The quantitative estimate of drug-likeness (QED) is 0.487. The number of hydrogen-bond donors (Lipinski definition) is 4. The monoisotopic (exact) mass is 375 g/mol. The molecule has 4 N–H and O–H groups in total. The minimum absolute atomic E-state index is 0.250. The molecular formula is C19H29N5OS. The molecule has 7 heteroatoms. The number of hydrogen-bond acceptors (Lipinski definition) is 6. The van der Waals surface area contributed by atoms with Gasteiger partial charge >= 0.3 is 0 Å². The van der Waals surface area contributed by atoms with Gasteiger partial charge in [0.2, 0.25) is 0 Å². The van der Waals surface area contributed by atoms with Crippen LogP contribution >= 0.6 is 11.3 Å². The molecule has 1 aliphatic rings. The van der Waals surface area contributed by atoms with Crippen LogP contribution in [0.3, 0.4) is 0 Å². The van der Waals surface area contributed by atoms with Crippen molar-refractivity contribution in [2.75, 3.05) is 38.1 Å². The Morgan fingerprint density at radius 3 is 2.50 bits per heavy atom. The van der Waals surface area contributed by atoms with Gasteiger partial charge in [-0.3, -0.25) is 5.41 Å². The van der Waals surface area contributed by atoms with Crippen molar-refractivity contribution in [2.45, 2.75) is 26.7 Å². The Labute approximate surface area is 159 Å². The van der Waals surface area contributed by atoms with E-state index in [0.717, 1.165) is 47.6 Å². The number of nitrogens with zero attached hydrogens (tertiary/aromatic N) is 2. The minimum Gasteiger partial charge on any atom is -0.397 e. The van der Waals surface area contributed by atoms with Crippen molar-refractivity contribution in [1.29, 1.82) is 5.41 Å². The van der Waals surface area contributed by atoms with E-state index in [1.807, 2.05) is 30.3 Å². The maximum absolute atomic E-state index is 8.59. The number of para-hydroxylation sites is 1. The van der Waals surface area contributed by atoms with E-state index in [1.165, 1.54) is 0 Å². The van der Waals surface area contributed by atoms with Gasteiger partial charge in [-0.1, -0.05) is 32.0 Å². The molecule has 26 heavy (non-hydrogen) atoms. The first-order chi connectivity index (χ1) is 12.6. The zero-order valence-electron chi connectivity index (χ0n) is 15.7. The maximum Gasteiger partial charge on any atom is 0.150 e. The number of aromatic nitrogens is 1. The van der Waals surface area contributed by atoms with Gasteiger partial charge in [-0.2, -0.15) is 0 Å². The first-order valence-corrected chi connectivity index (χ1v) is 9.86. The molecule has 0 radical (unpaired) electrons. The highest BCUT2D eigenvalue weighted by atomic mass is 32.1. The lowest BCUT2D eigenvalue weighted by Crippen LogP contribution is -2.46. The van der Waals surface area contributed by atoms with E-state index in [0.29, 0.717) is 11.8 Å². The first-order valence-electron chi connectivity index (χ1n) is 9.05.